The van der Waals surface area contributed by atoms with Gasteiger partial charge in [-0.25, -0.2) is 4.98 Å². The minimum atomic E-state index is 0.247. The maximum absolute atomic E-state index is 5.72. The van der Waals surface area contributed by atoms with Crippen molar-refractivity contribution in [2.24, 2.45) is 4.99 Å². The second kappa shape index (κ2) is 9.59. The molecule has 2 aliphatic rings. The third kappa shape index (κ3) is 5.25. The van der Waals surface area contributed by atoms with Crippen LogP contribution in [0.25, 0.3) is 0 Å². The van der Waals surface area contributed by atoms with Crippen LogP contribution in [0.15, 0.2) is 52.2 Å². The molecule has 4 heterocycles. The lowest BCUT2D eigenvalue weighted by molar-refractivity contribution is 0.117. The van der Waals surface area contributed by atoms with Gasteiger partial charge in [-0.1, -0.05) is 6.07 Å². The summed E-state index contributed by atoms with van der Waals surface area (Å²) in [6.07, 6.45) is 7.94. The van der Waals surface area contributed by atoms with Crippen molar-refractivity contribution in [3.8, 4) is 0 Å². The maximum atomic E-state index is 5.72. The molecule has 150 valence electrons. The summed E-state index contributed by atoms with van der Waals surface area (Å²) < 4.78 is 11.1. The zero-order valence-corrected chi connectivity index (χ0v) is 16.2. The van der Waals surface area contributed by atoms with Gasteiger partial charge in [0.2, 0.25) is 0 Å². The lowest BCUT2D eigenvalue weighted by Crippen LogP contribution is -2.45. The molecule has 2 N–H and O–H groups in total. The monoisotopic (exact) mass is 383 g/mol. The number of hydrogen-bond donors (Lipinski definition) is 2. The third-order valence-corrected chi connectivity index (χ3v) is 5.22. The zero-order chi connectivity index (χ0) is 19.0. The molecule has 0 amide bonds. The van der Waals surface area contributed by atoms with Crippen molar-refractivity contribution in [3.05, 3.63) is 48.6 Å². The number of guanidine groups is 1. The smallest absolute Gasteiger partial charge is 0.191 e. The van der Waals surface area contributed by atoms with E-state index in [1.54, 1.807) is 6.26 Å². The van der Waals surface area contributed by atoms with Crippen LogP contribution in [0.3, 0.4) is 0 Å². The minimum Gasteiger partial charge on any atom is -0.469 e. The van der Waals surface area contributed by atoms with Crippen LogP contribution in [0, 0.1) is 0 Å². The molecule has 4 rings (SSSR count). The van der Waals surface area contributed by atoms with Gasteiger partial charge in [-0.2, -0.15) is 0 Å². The highest BCUT2D eigenvalue weighted by molar-refractivity contribution is 5.80. The van der Waals surface area contributed by atoms with Gasteiger partial charge >= 0.3 is 0 Å². The van der Waals surface area contributed by atoms with Crippen molar-refractivity contribution in [2.75, 3.05) is 37.7 Å². The van der Waals surface area contributed by atoms with E-state index in [-0.39, 0.29) is 6.10 Å². The Hall–Kier alpha value is -2.54. The summed E-state index contributed by atoms with van der Waals surface area (Å²) in [6.45, 7) is 4.26. The van der Waals surface area contributed by atoms with Gasteiger partial charge in [-0.05, 0) is 43.5 Å². The Balaban J connectivity index is 1.32. The highest BCUT2D eigenvalue weighted by atomic mass is 16.5. The highest BCUT2D eigenvalue weighted by Crippen LogP contribution is 2.17. The van der Waals surface area contributed by atoms with E-state index in [1.807, 2.05) is 30.5 Å². The van der Waals surface area contributed by atoms with Gasteiger partial charge < -0.3 is 24.7 Å². The molecule has 0 aromatic carbocycles. The minimum absolute atomic E-state index is 0.247. The number of furan rings is 1. The van der Waals surface area contributed by atoms with E-state index in [4.69, 9.17) is 14.1 Å². The number of aromatic nitrogens is 1. The molecule has 2 fully saturated rings. The van der Waals surface area contributed by atoms with Crippen molar-refractivity contribution < 1.29 is 9.15 Å². The van der Waals surface area contributed by atoms with Gasteiger partial charge in [0.25, 0.3) is 0 Å². The summed E-state index contributed by atoms with van der Waals surface area (Å²) in [4.78, 5) is 11.6. The molecule has 7 heteroatoms. The van der Waals surface area contributed by atoms with Crippen molar-refractivity contribution in [1.29, 1.82) is 0 Å². The van der Waals surface area contributed by atoms with E-state index in [0.717, 1.165) is 69.5 Å². The van der Waals surface area contributed by atoms with Crippen molar-refractivity contribution in [1.82, 2.24) is 15.6 Å². The molecule has 28 heavy (non-hydrogen) atoms. The first-order valence-electron chi connectivity index (χ1n) is 10.2. The number of nitrogens with zero attached hydrogens (tertiary/aromatic N) is 3. The second-order valence-corrected chi connectivity index (χ2v) is 7.34. The van der Waals surface area contributed by atoms with Crippen LogP contribution in [0.4, 0.5) is 5.82 Å². The van der Waals surface area contributed by atoms with E-state index in [0.29, 0.717) is 12.6 Å². The summed E-state index contributed by atoms with van der Waals surface area (Å²) in [6, 6.07) is 10.3. The quantitative estimate of drug-likeness (QED) is 0.564. The van der Waals surface area contributed by atoms with E-state index in [1.165, 1.54) is 0 Å². The number of anilines is 1. The normalized spacial score (nSPS) is 22.6. The van der Waals surface area contributed by atoms with Gasteiger partial charge in [0.05, 0.1) is 18.9 Å². The van der Waals surface area contributed by atoms with Gasteiger partial charge in [0.1, 0.15) is 11.6 Å². The largest absolute Gasteiger partial charge is 0.469 e. The molecule has 0 saturated carbocycles. The van der Waals surface area contributed by atoms with Gasteiger partial charge in [-0.3, -0.25) is 4.99 Å². The van der Waals surface area contributed by atoms with Crippen LogP contribution in [0.5, 0.6) is 0 Å². The third-order valence-electron chi connectivity index (χ3n) is 5.22. The SMILES string of the molecule is c1ccc(N2CCC(NC(=NCC3CCCO3)NCCc3ccco3)C2)nc1. The Bertz CT molecular complexity index is 729. The van der Waals surface area contributed by atoms with Crippen LogP contribution >= 0.6 is 0 Å². The van der Waals surface area contributed by atoms with Crippen LogP contribution < -0.4 is 15.5 Å². The molecule has 2 saturated heterocycles. The Morgan fingerprint density at radius 3 is 3.04 bits per heavy atom. The molecular formula is C21H29N5O2. The lowest BCUT2D eigenvalue weighted by Gasteiger charge is -2.20. The van der Waals surface area contributed by atoms with Crippen LogP contribution in [-0.4, -0.2) is 55.9 Å². The maximum Gasteiger partial charge on any atom is 0.191 e. The van der Waals surface area contributed by atoms with Gasteiger partial charge in [-0.15, -0.1) is 0 Å². The average Bonchev–Trinajstić information content (AvgIpc) is 3.49. The summed E-state index contributed by atoms with van der Waals surface area (Å²) in [5.74, 6) is 2.87. The van der Waals surface area contributed by atoms with Crippen LogP contribution in [-0.2, 0) is 11.2 Å². The molecule has 2 aromatic heterocycles. The number of hydrogen-bond acceptors (Lipinski definition) is 5. The first kappa shape index (κ1) is 18.8. The summed E-state index contributed by atoms with van der Waals surface area (Å²) in [5, 5.41) is 7.06. The van der Waals surface area contributed by atoms with Gasteiger partial charge in [0.15, 0.2) is 5.96 Å². The highest BCUT2D eigenvalue weighted by Gasteiger charge is 2.24. The number of nitrogens with one attached hydrogen (secondary N) is 2. The molecule has 0 aliphatic carbocycles. The molecule has 0 bridgehead atoms. The number of rotatable bonds is 7. The molecule has 2 aromatic rings. The van der Waals surface area contributed by atoms with E-state index in [2.05, 4.69) is 26.6 Å². The Morgan fingerprint density at radius 2 is 2.25 bits per heavy atom. The molecule has 2 atom stereocenters. The molecule has 2 aliphatic heterocycles. The molecule has 2 unspecified atom stereocenters. The van der Waals surface area contributed by atoms with E-state index in [9.17, 15) is 0 Å². The topological polar surface area (TPSA) is 74.9 Å². The average molecular weight is 383 g/mol. The lowest BCUT2D eigenvalue weighted by atomic mass is 10.2. The zero-order valence-electron chi connectivity index (χ0n) is 16.2. The summed E-state index contributed by atoms with van der Waals surface area (Å²) >= 11 is 0. The predicted molar refractivity (Wildman–Crippen MR) is 110 cm³/mol. The molecular weight excluding hydrogens is 354 g/mol. The fourth-order valence-corrected chi connectivity index (χ4v) is 3.71. The fraction of sp³-hybridized carbons (Fsp3) is 0.524. The Kier molecular flexibility index (Phi) is 6.44. The molecule has 0 radical (unpaired) electrons. The number of ether oxygens (including phenoxy) is 1. The Morgan fingerprint density at radius 1 is 1.25 bits per heavy atom. The molecule has 0 spiro atoms. The predicted octanol–water partition coefficient (Wildman–Crippen LogP) is 2.21. The van der Waals surface area contributed by atoms with E-state index < -0.39 is 0 Å². The Labute approximate surface area is 166 Å². The fourth-order valence-electron chi connectivity index (χ4n) is 3.71. The van der Waals surface area contributed by atoms with Crippen molar-refractivity contribution in [2.45, 2.75) is 37.8 Å². The number of aliphatic imine (C=N–C) groups is 1. The summed E-state index contributed by atoms with van der Waals surface area (Å²) in [5.41, 5.74) is 0. The first-order chi connectivity index (χ1) is 13.9. The van der Waals surface area contributed by atoms with E-state index >= 15 is 0 Å². The van der Waals surface area contributed by atoms with Crippen molar-refractivity contribution >= 4 is 11.8 Å². The first-order valence-corrected chi connectivity index (χ1v) is 10.2. The van der Waals surface area contributed by atoms with Crippen LogP contribution in [0.1, 0.15) is 25.0 Å². The number of pyridine rings is 1. The summed E-state index contributed by atoms with van der Waals surface area (Å²) in [7, 11) is 0. The molecule has 7 nitrogen and oxygen atoms in total. The standard InChI is InChI=1S/C21H29N5O2/c1-2-10-22-20(7-1)26-12-9-17(16-26)25-21(24-15-19-6-4-14-28-19)23-11-8-18-5-3-13-27-18/h1-3,5,7,10,13,17,19H,4,6,8-9,11-12,14-16H2,(H2,23,24,25). The van der Waals surface area contributed by atoms with Gasteiger partial charge in [0, 0.05) is 44.9 Å². The van der Waals surface area contributed by atoms with Crippen molar-refractivity contribution in [3.63, 3.8) is 0 Å². The van der Waals surface area contributed by atoms with Crippen LogP contribution in [0.2, 0.25) is 0 Å². The second-order valence-electron chi connectivity index (χ2n) is 7.34.